The molecule has 0 aromatic heterocycles. The van der Waals surface area contributed by atoms with Crippen LogP contribution < -0.4 is 10.6 Å². The molecule has 3 N–H and O–H groups in total. The van der Waals surface area contributed by atoms with Crippen LogP contribution in [0.1, 0.15) is 41.5 Å². The molecule has 0 aromatic rings. The number of esters is 1. The lowest BCUT2D eigenvalue weighted by Crippen LogP contribution is -2.44. The van der Waals surface area contributed by atoms with Crippen molar-refractivity contribution in [2.24, 2.45) is 5.92 Å². The van der Waals surface area contributed by atoms with Crippen LogP contribution in [0.2, 0.25) is 0 Å². The topological polar surface area (TPSA) is 105 Å². The van der Waals surface area contributed by atoms with Crippen molar-refractivity contribution in [3.8, 4) is 0 Å². The highest BCUT2D eigenvalue weighted by Gasteiger charge is 2.27. The molecule has 7 heteroatoms. The van der Waals surface area contributed by atoms with Gasteiger partial charge < -0.3 is 20.5 Å². The number of carboxylic acid groups (broad SMARTS) is 1. The predicted molar refractivity (Wildman–Crippen MR) is 82.0 cm³/mol. The molecule has 0 aliphatic carbocycles. The first-order valence-electron chi connectivity index (χ1n) is 7.09. The second kappa shape index (κ2) is 8.41. The fourth-order valence-corrected chi connectivity index (χ4v) is 1.56. The molecular weight excluding hydrogens is 288 g/mol. The van der Waals surface area contributed by atoms with Gasteiger partial charge >= 0.3 is 11.9 Å². The summed E-state index contributed by atoms with van der Waals surface area (Å²) < 4.78 is 5.34. The van der Waals surface area contributed by atoms with Crippen LogP contribution >= 0.6 is 0 Å². The molecule has 126 valence electrons. The van der Waals surface area contributed by atoms with E-state index in [0.29, 0.717) is 5.70 Å². The van der Waals surface area contributed by atoms with Crippen molar-refractivity contribution in [3.05, 3.63) is 11.8 Å². The molecule has 0 spiro atoms. The maximum Gasteiger partial charge on any atom is 0.329 e. The summed E-state index contributed by atoms with van der Waals surface area (Å²) in [6.45, 7) is 10.2. The van der Waals surface area contributed by atoms with Crippen LogP contribution in [0.5, 0.6) is 0 Å². The predicted octanol–water partition coefficient (Wildman–Crippen LogP) is 1.05. The van der Waals surface area contributed by atoms with Gasteiger partial charge in [0.2, 0.25) is 5.91 Å². The van der Waals surface area contributed by atoms with E-state index in [1.54, 1.807) is 27.7 Å². The highest BCUT2D eigenvalue weighted by molar-refractivity contribution is 5.90. The molecule has 0 radical (unpaired) electrons. The first kappa shape index (κ1) is 19.9. The third-order valence-electron chi connectivity index (χ3n) is 2.47. The minimum absolute atomic E-state index is 0.0414. The number of nitrogens with one attached hydrogen (secondary N) is 2. The largest absolute Gasteiger partial charge is 0.480 e. The van der Waals surface area contributed by atoms with Crippen molar-refractivity contribution in [2.75, 3.05) is 6.54 Å². The Hall–Kier alpha value is -2.05. The summed E-state index contributed by atoms with van der Waals surface area (Å²) in [4.78, 5) is 34.0. The van der Waals surface area contributed by atoms with Crippen LogP contribution in [-0.2, 0) is 19.1 Å². The fourth-order valence-electron chi connectivity index (χ4n) is 1.56. The van der Waals surface area contributed by atoms with Crippen molar-refractivity contribution in [3.63, 3.8) is 0 Å². The molecule has 0 rings (SSSR count). The Morgan fingerprint density at radius 2 is 1.77 bits per heavy atom. The summed E-state index contributed by atoms with van der Waals surface area (Å²) in [5.41, 5.74) is -0.144. The first-order chi connectivity index (χ1) is 9.92. The highest BCUT2D eigenvalue weighted by Crippen LogP contribution is 2.13. The summed E-state index contributed by atoms with van der Waals surface area (Å²) in [6, 6.07) is -0.595. The maximum absolute atomic E-state index is 12.1. The van der Waals surface area contributed by atoms with Crippen LogP contribution in [0.15, 0.2) is 11.8 Å². The van der Waals surface area contributed by atoms with Crippen LogP contribution in [-0.4, -0.2) is 41.1 Å². The fraction of sp³-hybridized carbons (Fsp3) is 0.667. The Balaban J connectivity index is 4.77. The molecule has 0 saturated heterocycles. The summed E-state index contributed by atoms with van der Waals surface area (Å²) >= 11 is 0. The van der Waals surface area contributed by atoms with Crippen molar-refractivity contribution in [1.29, 1.82) is 0 Å². The average molecular weight is 314 g/mol. The number of aliphatic carboxylic acids is 1. The maximum atomic E-state index is 12.1. The second-order valence-corrected chi connectivity index (χ2v) is 6.34. The van der Waals surface area contributed by atoms with E-state index < -0.39 is 36.0 Å². The van der Waals surface area contributed by atoms with E-state index in [1.807, 2.05) is 13.8 Å². The van der Waals surface area contributed by atoms with E-state index in [0.717, 1.165) is 0 Å². The molecule has 7 nitrogen and oxygen atoms in total. The molecule has 0 aliphatic heterocycles. The second-order valence-electron chi connectivity index (χ2n) is 6.34. The molecule has 0 heterocycles. The zero-order chi connectivity index (χ0) is 17.5. The van der Waals surface area contributed by atoms with Gasteiger partial charge in [0.15, 0.2) is 0 Å². The quantitative estimate of drug-likeness (QED) is 0.479. The minimum atomic E-state index is -1.12. The zero-order valence-electron chi connectivity index (χ0n) is 14.0. The number of rotatable bonds is 7. The summed E-state index contributed by atoms with van der Waals surface area (Å²) in [6.07, 6.45) is 1.21. The number of hydrogen-bond acceptors (Lipinski definition) is 5. The number of carbonyl (C=O) groups excluding carboxylic acids is 2. The molecule has 0 aromatic carbocycles. The molecule has 22 heavy (non-hydrogen) atoms. The molecule has 1 atom stereocenters. The van der Waals surface area contributed by atoms with Gasteiger partial charge in [-0.1, -0.05) is 13.8 Å². The average Bonchev–Trinajstić information content (AvgIpc) is 2.30. The van der Waals surface area contributed by atoms with E-state index in [-0.39, 0.29) is 5.92 Å². The Bertz CT molecular complexity index is 449. The van der Waals surface area contributed by atoms with Gasteiger partial charge in [0, 0.05) is 11.8 Å². The van der Waals surface area contributed by atoms with Gasteiger partial charge in [0.1, 0.15) is 18.2 Å². The molecular formula is C15H26N2O5. The van der Waals surface area contributed by atoms with Crippen molar-refractivity contribution < 1.29 is 24.2 Å². The Morgan fingerprint density at radius 1 is 1.23 bits per heavy atom. The zero-order valence-corrected chi connectivity index (χ0v) is 14.0. The van der Waals surface area contributed by atoms with E-state index >= 15 is 0 Å². The lowest BCUT2D eigenvalue weighted by Gasteiger charge is -2.27. The normalized spacial score (nSPS) is 13.5. The molecule has 0 unspecified atom stereocenters. The monoisotopic (exact) mass is 314 g/mol. The first-order valence-corrected chi connectivity index (χ1v) is 7.09. The molecule has 0 fully saturated rings. The van der Waals surface area contributed by atoms with Crippen molar-refractivity contribution >= 4 is 17.8 Å². The minimum Gasteiger partial charge on any atom is -0.480 e. The summed E-state index contributed by atoms with van der Waals surface area (Å²) in [5.74, 6) is -2.11. The Labute approximate surface area is 131 Å². The van der Waals surface area contributed by atoms with Crippen LogP contribution in [0.3, 0.4) is 0 Å². The molecule has 0 aliphatic rings. The molecule has 0 saturated carbocycles. The van der Waals surface area contributed by atoms with Gasteiger partial charge in [-0.3, -0.25) is 9.59 Å². The molecule has 0 bridgehead atoms. The van der Waals surface area contributed by atoms with Gasteiger partial charge in [0.05, 0.1) is 0 Å². The van der Waals surface area contributed by atoms with E-state index in [1.165, 1.54) is 6.08 Å². The third-order valence-corrected chi connectivity index (χ3v) is 2.47. The molecule has 1 amide bonds. The van der Waals surface area contributed by atoms with Crippen LogP contribution in [0.4, 0.5) is 0 Å². The number of carbonyl (C=O) groups is 3. The number of carboxylic acids is 1. The van der Waals surface area contributed by atoms with E-state index in [2.05, 4.69) is 10.6 Å². The van der Waals surface area contributed by atoms with Gasteiger partial charge in [-0.2, -0.15) is 0 Å². The summed E-state index contributed by atoms with van der Waals surface area (Å²) in [7, 11) is 0. The van der Waals surface area contributed by atoms with Gasteiger partial charge in [-0.15, -0.1) is 0 Å². The van der Waals surface area contributed by atoms with E-state index in [4.69, 9.17) is 9.84 Å². The lowest BCUT2D eigenvalue weighted by atomic mass is 10.0. The highest BCUT2D eigenvalue weighted by atomic mass is 16.6. The lowest BCUT2D eigenvalue weighted by molar-refractivity contribution is -0.158. The number of ether oxygens (including phenoxy) is 1. The summed E-state index contributed by atoms with van der Waals surface area (Å²) in [5, 5.41) is 13.6. The van der Waals surface area contributed by atoms with Crippen molar-refractivity contribution in [1.82, 2.24) is 10.6 Å². The van der Waals surface area contributed by atoms with Gasteiger partial charge in [-0.05, 0) is 33.6 Å². The van der Waals surface area contributed by atoms with E-state index in [9.17, 15) is 14.4 Å². The van der Waals surface area contributed by atoms with Crippen molar-refractivity contribution in [2.45, 2.75) is 53.2 Å². The van der Waals surface area contributed by atoms with Gasteiger partial charge in [0.25, 0.3) is 0 Å². The Kier molecular flexibility index (Phi) is 7.62. The van der Waals surface area contributed by atoms with Gasteiger partial charge in [-0.25, -0.2) is 4.79 Å². The number of hydrogen-bond donors (Lipinski definition) is 3. The third kappa shape index (κ3) is 8.99. The number of allylic oxidation sites excluding steroid dienone is 1. The SMILES string of the molecule is C/C(=C/C(=O)NCC(=O)O)N[C@@H](C(=O)OC(C)(C)C)C(C)C. The standard InChI is InChI=1S/C15H26N2O5/c1-9(2)13(14(21)22-15(4,5)6)17-10(3)7-11(18)16-8-12(19)20/h7,9,13,17H,8H2,1-6H3,(H,16,18)(H,19,20)/b10-7-/t13-/m1/s1. The Morgan fingerprint density at radius 3 is 2.18 bits per heavy atom. The number of amides is 1. The smallest absolute Gasteiger partial charge is 0.329 e. The van der Waals surface area contributed by atoms with Crippen LogP contribution in [0.25, 0.3) is 0 Å². The van der Waals surface area contributed by atoms with Crippen LogP contribution in [0, 0.1) is 5.92 Å².